The summed E-state index contributed by atoms with van der Waals surface area (Å²) < 4.78 is 22.5. The van der Waals surface area contributed by atoms with Gasteiger partial charge in [-0.1, -0.05) is 42.5 Å². The van der Waals surface area contributed by atoms with Crippen molar-refractivity contribution in [3.05, 3.63) is 95.1 Å². The average Bonchev–Trinajstić information content (AvgIpc) is 3.28. The molecule has 1 N–H and O–H groups in total. The summed E-state index contributed by atoms with van der Waals surface area (Å²) in [5.41, 5.74) is 1.98. The zero-order valence-electron chi connectivity index (χ0n) is 23.2. The molecule has 2 fully saturated rings. The lowest BCUT2D eigenvalue weighted by Crippen LogP contribution is -2.42. The van der Waals surface area contributed by atoms with Gasteiger partial charge in [0, 0.05) is 37.3 Å². The van der Waals surface area contributed by atoms with Crippen molar-refractivity contribution >= 4 is 17.4 Å². The Kier molecular flexibility index (Phi) is 8.86. The second kappa shape index (κ2) is 12.9. The zero-order chi connectivity index (χ0) is 28.8. The van der Waals surface area contributed by atoms with E-state index in [1.165, 1.54) is 19.1 Å². The van der Waals surface area contributed by atoms with Crippen LogP contribution < -0.4 is 14.2 Å². The van der Waals surface area contributed by atoms with Gasteiger partial charge in [-0.15, -0.1) is 0 Å². The van der Waals surface area contributed by atoms with Gasteiger partial charge in [0.15, 0.2) is 11.5 Å². The molecule has 5 rings (SSSR count). The number of morpholine rings is 1. The number of rotatable bonds is 10. The summed E-state index contributed by atoms with van der Waals surface area (Å²) in [5, 5.41) is 11.5. The molecule has 0 saturated carbocycles. The van der Waals surface area contributed by atoms with Crippen molar-refractivity contribution in [1.82, 2.24) is 9.80 Å². The van der Waals surface area contributed by atoms with Gasteiger partial charge in [-0.3, -0.25) is 14.5 Å². The molecule has 9 nitrogen and oxygen atoms in total. The largest absolute Gasteiger partial charge is 0.507 e. The lowest BCUT2D eigenvalue weighted by molar-refractivity contribution is -0.140. The molecule has 2 saturated heterocycles. The van der Waals surface area contributed by atoms with Crippen molar-refractivity contribution < 1.29 is 33.6 Å². The molecule has 214 valence electrons. The molecule has 3 aromatic rings. The molecule has 0 radical (unpaired) electrons. The second-order valence-corrected chi connectivity index (χ2v) is 9.83. The fourth-order valence-corrected chi connectivity index (χ4v) is 5.24. The molecule has 1 atom stereocenters. The Balaban J connectivity index is 1.49. The SMILES string of the molecule is COc1cccc(C2/C(=C(\O)c3ccc(OCc4ccccc4)cc3)C(=O)C(=O)N2CCN2CCOCC2)c1OC. The molecule has 1 unspecified atom stereocenters. The van der Waals surface area contributed by atoms with Crippen LogP contribution in [-0.2, 0) is 20.9 Å². The van der Waals surface area contributed by atoms with Gasteiger partial charge in [0.25, 0.3) is 11.7 Å². The molecule has 1 amide bonds. The van der Waals surface area contributed by atoms with Crippen molar-refractivity contribution in [3.8, 4) is 17.2 Å². The summed E-state index contributed by atoms with van der Waals surface area (Å²) in [6.07, 6.45) is 0. The highest BCUT2D eigenvalue weighted by atomic mass is 16.5. The van der Waals surface area contributed by atoms with Crippen LogP contribution in [0.15, 0.2) is 78.4 Å². The molecular weight excluding hydrogens is 524 g/mol. The highest BCUT2D eigenvalue weighted by Crippen LogP contribution is 2.45. The van der Waals surface area contributed by atoms with Crippen LogP contribution in [0.1, 0.15) is 22.7 Å². The van der Waals surface area contributed by atoms with Crippen LogP contribution in [0.5, 0.6) is 17.2 Å². The zero-order valence-corrected chi connectivity index (χ0v) is 23.2. The van der Waals surface area contributed by atoms with E-state index in [4.69, 9.17) is 18.9 Å². The topological polar surface area (TPSA) is 97.8 Å². The Hall–Kier alpha value is -4.34. The first-order chi connectivity index (χ1) is 20.0. The predicted octanol–water partition coefficient (Wildman–Crippen LogP) is 4.04. The van der Waals surface area contributed by atoms with Gasteiger partial charge in [-0.2, -0.15) is 0 Å². The maximum atomic E-state index is 13.5. The number of aliphatic hydroxyl groups excluding tert-OH is 1. The lowest BCUT2D eigenvalue weighted by atomic mass is 9.94. The monoisotopic (exact) mass is 558 g/mol. The number of hydrogen-bond acceptors (Lipinski definition) is 8. The number of ketones is 1. The predicted molar refractivity (Wildman–Crippen MR) is 153 cm³/mol. The minimum absolute atomic E-state index is 0.00137. The number of para-hydroxylation sites is 1. The van der Waals surface area contributed by atoms with Gasteiger partial charge in [0.1, 0.15) is 18.1 Å². The van der Waals surface area contributed by atoms with E-state index in [9.17, 15) is 14.7 Å². The Morgan fingerprint density at radius 3 is 2.32 bits per heavy atom. The van der Waals surface area contributed by atoms with Crippen LogP contribution in [0.4, 0.5) is 0 Å². The van der Waals surface area contributed by atoms with Gasteiger partial charge < -0.3 is 29.0 Å². The second-order valence-electron chi connectivity index (χ2n) is 9.83. The van der Waals surface area contributed by atoms with Gasteiger partial charge in [-0.05, 0) is 35.9 Å². The van der Waals surface area contributed by atoms with Crippen molar-refractivity contribution in [2.75, 3.05) is 53.6 Å². The van der Waals surface area contributed by atoms with E-state index in [0.717, 1.165) is 18.7 Å². The van der Waals surface area contributed by atoms with Gasteiger partial charge >= 0.3 is 0 Å². The van der Waals surface area contributed by atoms with Crippen LogP contribution in [0.25, 0.3) is 5.76 Å². The molecule has 2 aliphatic heterocycles. The molecule has 2 aliphatic rings. The number of likely N-dealkylation sites (tertiary alicyclic amines) is 1. The molecule has 2 heterocycles. The van der Waals surface area contributed by atoms with Crippen molar-refractivity contribution in [1.29, 1.82) is 0 Å². The summed E-state index contributed by atoms with van der Waals surface area (Å²) in [5.74, 6) is -0.206. The first-order valence-corrected chi connectivity index (χ1v) is 13.6. The van der Waals surface area contributed by atoms with Crippen LogP contribution in [0.2, 0.25) is 0 Å². The highest BCUT2D eigenvalue weighted by Gasteiger charge is 2.47. The van der Waals surface area contributed by atoms with E-state index in [1.807, 2.05) is 30.3 Å². The van der Waals surface area contributed by atoms with Crippen LogP contribution in [0, 0.1) is 0 Å². The standard InChI is InChI=1S/C32H34N2O7/c1-38-26-10-6-9-25(31(26)39-2)28-27(30(36)32(37)34(28)16-15-33-17-19-40-20-18-33)29(35)23-11-13-24(14-12-23)41-21-22-7-4-3-5-8-22/h3-14,28,35H,15-21H2,1-2H3/b29-27+. The van der Waals surface area contributed by atoms with Crippen molar-refractivity contribution in [3.63, 3.8) is 0 Å². The number of carbonyl (C=O) groups is 2. The molecule has 0 bridgehead atoms. The maximum Gasteiger partial charge on any atom is 0.295 e. The summed E-state index contributed by atoms with van der Waals surface area (Å²) in [6.45, 7) is 3.99. The first kappa shape index (κ1) is 28.2. The van der Waals surface area contributed by atoms with Gasteiger partial charge in [0.2, 0.25) is 0 Å². The van der Waals surface area contributed by atoms with Gasteiger partial charge in [-0.25, -0.2) is 0 Å². The third-order valence-electron chi connectivity index (χ3n) is 7.40. The third-order valence-corrected chi connectivity index (χ3v) is 7.40. The first-order valence-electron chi connectivity index (χ1n) is 13.6. The van der Waals surface area contributed by atoms with Crippen LogP contribution >= 0.6 is 0 Å². The fourth-order valence-electron chi connectivity index (χ4n) is 5.24. The Bertz CT molecular complexity index is 1400. The quantitative estimate of drug-likeness (QED) is 0.226. The smallest absolute Gasteiger partial charge is 0.295 e. The summed E-state index contributed by atoms with van der Waals surface area (Å²) in [4.78, 5) is 30.6. The number of ether oxygens (including phenoxy) is 4. The molecule has 3 aromatic carbocycles. The summed E-state index contributed by atoms with van der Waals surface area (Å²) in [7, 11) is 3.04. The van der Waals surface area contributed by atoms with E-state index >= 15 is 0 Å². The van der Waals surface area contributed by atoms with Crippen molar-refractivity contribution in [2.24, 2.45) is 0 Å². The summed E-state index contributed by atoms with van der Waals surface area (Å²) >= 11 is 0. The van der Waals surface area contributed by atoms with E-state index in [0.29, 0.717) is 61.3 Å². The number of hydrogen-bond donors (Lipinski definition) is 1. The number of nitrogens with zero attached hydrogens (tertiary/aromatic N) is 2. The van der Waals surface area contributed by atoms with Gasteiger partial charge in [0.05, 0.1) is 39.0 Å². The molecule has 41 heavy (non-hydrogen) atoms. The Morgan fingerprint density at radius 1 is 0.902 bits per heavy atom. The number of amides is 1. The molecule has 0 aliphatic carbocycles. The molecule has 0 spiro atoms. The van der Waals surface area contributed by atoms with E-state index in [2.05, 4.69) is 4.90 Å². The van der Waals surface area contributed by atoms with Crippen LogP contribution in [0.3, 0.4) is 0 Å². The minimum Gasteiger partial charge on any atom is -0.507 e. The Labute approximate surface area is 239 Å². The average molecular weight is 559 g/mol. The fraction of sp³-hybridized carbons (Fsp3) is 0.312. The maximum absolute atomic E-state index is 13.5. The lowest BCUT2D eigenvalue weighted by Gasteiger charge is -2.31. The Morgan fingerprint density at radius 2 is 1.63 bits per heavy atom. The normalized spacial score (nSPS) is 18.9. The summed E-state index contributed by atoms with van der Waals surface area (Å²) in [6, 6.07) is 21.1. The number of methoxy groups -OCH3 is 2. The van der Waals surface area contributed by atoms with Crippen LogP contribution in [-0.4, -0.2) is 80.2 Å². The van der Waals surface area contributed by atoms with E-state index in [1.54, 1.807) is 42.5 Å². The molecule has 9 heteroatoms. The van der Waals surface area contributed by atoms with E-state index < -0.39 is 17.7 Å². The number of carbonyl (C=O) groups excluding carboxylic acids is 2. The van der Waals surface area contributed by atoms with E-state index in [-0.39, 0.29) is 11.3 Å². The minimum atomic E-state index is -0.866. The van der Waals surface area contributed by atoms with Crippen molar-refractivity contribution in [2.45, 2.75) is 12.6 Å². The number of aliphatic hydroxyl groups is 1. The molecule has 0 aromatic heterocycles. The number of Topliss-reactive ketones (excluding diaryl/α,β-unsaturated/α-hetero) is 1. The third kappa shape index (κ3) is 6.06. The molecular formula is C32H34N2O7. The number of benzene rings is 3. The highest BCUT2D eigenvalue weighted by molar-refractivity contribution is 6.46.